The van der Waals surface area contributed by atoms with Crippen molar-refractivity contribution >= 4 is 109 Å². The molecule has 8 nitrogen and oxygen atoms in total. The van der Waals surface area contributed by atoms with Gasteiger partial charge in [0.25, 0.3) is 0 Å². The van der Waals surface area contributed by atoms with Gasteiger partial charge in [-0.2, -0.15) is 0 Å². The molecule has 0 unspecified atom stereocenters. The Balaban J connectivity index is 0.000000129. The van der Waals surface area contributed by atoms with Gasteiger partial charge in [0, 0.05) is 156 Å². The van der Waals surface area contributed by atoms with E-state index in [2.05, 4.69) is 366 Å². The van der Waals surface area contributed by atoms with Crippen molar-refractivity contribution in [2.24, 2.45) is 0 Å². The number of pyridine rings is 4. The molecule has 0 spiro atoms. The monoisotopic (exact) mass is 2230 g/mol. The Morgan fingerprint density at radius 3 is 1.32 bits per heavy atom. The summed E-state index contributed by atoms with van der Waals surface area (Å²) in [6.07, 6.45) is 11.9. The summed E-state index contributed by atoms with van der Waals surface area (Å²) in [5.74, 6) is 0.864. The molecule has 0 bridgehead atoms. The maximum Gasteiger partial charge on any atom is 0.0646 e. The fourth-order valence-corrected chi connectivity index (χ4v) is 17.2. The first-order valence-electron chi connectivity index (χ1n) is 39.2. The van der Waals surface area contributed by atoms with Crippen LogP contribution in [0, 0.1) is 58.9 Å². The van der Waals surface area contributed by atoms with E-state index in [1.54, 1.807) is 0 Å². The molecule has 8 aromatic heterocycles. The van der Waals surface area contributed by atoms with E-state index in [0.29, 0.717) is 11.8 Å². The number of benzene rings is 13. The van der Waals surface area contributed by atoms with E-state index >= 15 is 0 Å². The number of hydrogen-bond acceptors (Lipinski definition) is 4. The van der Waals surface area contributed by atoms with E-state index in [1.165, 1.54) is 154 Å². The van der Waals surface area contributed by atoms with Crippen LogP contribution in [0.4, 0.5) is 0 Å². The van der Waals surface area contributed by atoms with Crippen LogP contribution in [0.3, 0.4) is 0 Å². The van der Waals surface area contributed by atoms with Gasteiger partial charge in [0.05, 0.1) is 34.0 Å². The molecule has 0 N–H and O–H groups in total. The van der Waals surface area contributed by atoms with Gasteiger partial charge in [-0.15, -0.1) is 119 Å². The van der Waals surface area contributed by atoms with Crippen LogP contribution >= 0.6 is 0 Å². The fraction of sp³-hybridized carbons (Fsp3) is 0.143. The molecule has 13 aromatic carbocycles. The summed E-state index contributed by atoms with van der Waals surface area (Å²) in [7, 11) is 0. The molecule has 0 atom stereocenters. The van der Waals surface area contributed by atoms with E-state index < -0.39 is 0 Å². The number of hydrogen-bond donors (Lipinski definition) is 0. The second kappa shape index (κ2) is 34.1. The van der Waals surface area contributed by atoms with E-state index in [4.69, 9.17) is 9.97 Å². The van der Waals surface area contributed by atoms with Crippen LogP contribution in [-0.4, -0.2) is 37.5 Å². The van der Waals surface area contributed by atoms with Gasteiger partial charge in [-0.3, -0.25) is 19.9 Å². The Hall–Kier alpha value is -10.7. The van der Waals surface area contributed by atoms with Crippen LogP contribution < -0.4 is 0 Å². The molecule has 0 fully saturated rings. The summed E-state index contributed by atoms with van der Waals surface area (Å²) < 4.78 is 9.05. The minimum absolute atomic E-state index is 0. The Morgan fingerprint density at radius 1 is 0.325 bits per heavy atom. The van der Waals surface area contributed by atoms with Crippen molar-refractivity contribution in [2.75, 3.05) is 0 Å². The quantitative estimate of drug-likeness (QED) is 0.118. The molecule has 21 aromatic rings. The molecule has 586 valence electrons. The van der Waals surface area contributed by atoms with Crippen molar-refractivity contribution in [3.8, 4) is 55.9 Å². The first kappa shape index (κ1) is 82.8. The number of para-hydroxylation sites is 1. The van der Waals surface area contributed by atoms with Crippen molar-refractivity contribution in [3.05, 3.63) is 361 Å². The summed E-state index contributed by atoms with van der Waals surface area (Å²) in [6.45, 7) is 26.9. The minimum atomic E-state index is 0. The largest absolute Gasteiger partial charge is 0.340 e. The number of aromatic nitrogens is 8. The zero-order valence-corrected chi connectivity index (χ0v) is 76.9. The molecule has 0 aliphatic carbocycles. The summed E-state index contributed by atoms with van der Waals surface area (Å²) in [6, 6.07) is 104. The Morgan fingerprint density at radius 2 is 0.769 bits per heavy atom. The summed E-state index contributed by atoms with van der Waals surface area (Å²) in [4.78, 5) is 19.1. The van der Waals surface area contributed by atoms with Crippen LogP contribution in [0.2, 0.25) is 0 Å². The average molecular weight is 2230 g/mol. The standard InChI is InChI=1S/C33H21N2.C29H29N2.C27H25N2.C16H11N2.4Ir/c1-3-12-23(13-4-1)25-19-11-20-26(24-14-5-2-6-15-24)32(25)31-22-34-33-29-18-8-7-16-27(29)28-17-9-10-21-30(28)35(31)33;1-17(2)21-12-9-13-22(18(3)4)28(21)27-16-30-29-24-11-8-7-10-23(24)25-14-19(5)20(6)15-26(25)31(27)29;1-17-9-8-10-18(2)24(17)23-16-19(27(3,4)5)15-22-20-11-6-7-12-21(20)26-28-13-14-29(26)25(22)23;1-11-6-7-15-14(10-11)12-4-2-3-5-13(12)16-17-8-9-18(15)16;;;;/h1-17,19-22H;7-10,12-18H,1-6H3;6-11,13-16H,1-5H3;2-4,6-10H,1H3;;;;/q4*-1;;;;. The molecule has 12 heteroatoms. The Kier molecular flexibility index (Phi) is 24.1. The SMILES string of the molecule is Cc1cc2c3ccc[c-]c3c3ncc(-c4c(C(C)C)cccc4C(C)C)n3c2cc1C.Cc1ccc2c(c1)c1ccc[c-]c1c1nccn21.Cc1cccc(C)c1-c1cc(C(C)(C)C)cc2c3ccc[c-]c3c3nccn3c12.[Ir].[Ir].[Ir].[Ir].[c-]1cccc2c1c1ncc(-c3c(-c4ccccc4)cccc3-c3ccccc3)n1c1ccccc21. The van der Waals surface area contributed by atoms with Crippen molar-refractivity contribution in [1.29, 1.82) is 0 Å². The first-order valence-corrected chi connectivity index (χ1v) is 39.2. The van der Waals surface area contributed by atoms with Crippen LogP contribution in [0.1, 0.15) is 105 Å². The normalized spacial score (nSPS) is 11.5. The maximum atomic E-state index is 4.97. The van der Waals surface area contributed by atoms with Gasteiger partial charge in [0.15, 0.2) is 0 Å². The molecule has 0 aliphatic heterocycles. The average Bonchev–Trinajstić information content (AvgIpc) is 1.67. The molecule has 8 heterocycles. The van der Waals surface area contributed by atoms with Gasteiger partial charge >= 0.3 is 0 Å². The Labute approximate surface area is 737 Å². The predicted octanol–water partition coefficient (Wildman–Crippen LogP) is 27.2. The van der Waals surface area contributed by atoms with Crippen LogP contribution in [-0.2, 0) is 85.8 Å². The third kappa shape index (κ3) is 14.8. The van der Waals surface area contributed by atoms with Gasteiger partial charge < -0.3 is 17.6 Å². The second-order valence-corrected chi connectivity index (χ2v) is 31.7. The van der Waals surface area contributed by atoms with E-state index in [-0.39, 0.29) is 85.8 Å². The topological polar surface area (TPSA) is 69.2 Å². The van der Waals surface area contributed by atoms with Crippen LogP contribution in [0.5, 0.6) is 0 Å². The molecule has 0 aliphatic rings. The second-order valence-electron chi connectivity index (χ2n) is 31.7. The molecule has 0 saturated heterocycles. The minimum Gasteiger partial charge on any atom is -0.340 e. The van der Waals surface area contributed by atoms with Gasteiger partial charge in [-0.25, -0.2) is 0 Å². The number of nitrogens with zero attached hydrogens (tertiary/aromatic N) is 8. The zero-order valence-electron chi connectivity index (χ0n) is 67.3. The van der Waals surface area contributed by atoms with Gasteiger partial charge in [-0.1, -0.05) is 233 Å². The maximum absolute atomic E-state index is 4.97. The van der Waals surface area contributed by atoms with E-state index in [0.717, 1.165) is 55.3 Å². The summed E-state index contributed by atoms with van der Waals surface area (Å²) >= 11 is 0. The molecule has 21 rings (SSSR count). The van der Waals surface area contributed by atoms with Crippen molar-refractivity contribution in [1.82, 2.24) is 37.5 Å². The third-order valence-electron chi connectivity index (χ3n) is 22.8. The molecular weight excluding hydrogens is 2140 g/mol. The van der Waals surface area contributed by atoms with E-state index in [9.17, 15) is 0 Å². The number of imidazole rings is 4. The van der Waals surface area contributed by atoms with Gasteiger partial charge in [-0.05, 0) is 164 Å². The van der Waals surface area contributed by atoms with Gasteiger partial charge in [0.2, 0.25) is 0 Å². The van der Waals surface area contributed by atoms with Crippen molar-refractivity contribution in [2.45, 2.75) is 100 Å². The predicted molar refractivity (Wildman–Crippen MR) is 474 cm³/mol. The van der Waals surface area contributed by atoms with E-state index in [1.807, 2.05) is 61.2 Å². The van der Waals surface area contributed by atoms with Crippen molar-refractivity contribution in [3.63, 3.8) is 0 Å². The van der Waals surface area contributed by atoms with Crippen LogP contribution in [0.25, 0.3) is 165 Å². The third-order valence-corrected chi connectivity index (χ3v) is 22.8. The molecule has 117 heavy (non-hydrogen) atoms. The Bertz CT molecular complexity index is 7200. The number of rotatable bonds is 7. The fourth-order valence-electron chi connectivity index (χ4n) is 17.2. The van der Waals surface area contributed by atoms with Crippen molar-refractivity contribution < 1.29 is 80.4 Å². The molecule has 0 amide bonds. The molecule has 0 saturated carbocycles. The number of fused-ring (bicyclic) bond motifs is 24. The number of aryl methyl sites for hydroxylation is 5. The smallest absolute Gasteiger partial charge is 0.0646 e. The summed E-state index contributed by atoms with van der Waals surface area (Å²) in [5, 5.41) is 14.1. The zero-order chi connectivity index (χ0) is 77.5. The summed E-state index contributed by atoms with van der Waals surface area (Å²) in [5.41, 5.74) is 31.3. The molecular formula is C105H86Ir4N8-4. The first-order chi connectivity index (χ1) is 55.0. The van der Waals surface area contributed by atoms with Gasteiger partial charge in [0.1, 0.15) is 0 Å². The molecule has 4 radical (unpaired) electrons. The van der Waals surface area contributed by atoms with Crippen LogP contribution in [0.15, 0.2) is 292 Å².